The molecule has 6 heteroatoms. The first-order valence-electron chi connectivity index (χ1n) is 8.34. The highest BCUT2D eigenvalue weighted by Crippen LogP contribution is 2.26. The summed E-state index contributed by atoms with van der Waals surface area (Å²) in [5, 5.41) is 0. The highest BCUT2D eigenvalue weighted by atomic mass is 16.5. The van der Waals surface area contributed by atoms with E-state index in [4.69, 9.17) is 4.74 Å². The number of carbonyl (C=O) groups is 3. The van der Waals surface area contributed by atoms with Crippen LogP contribution in [0.1, 0.15) is 32.7 Å². The number of rotatable bonds is 4. The third-order valence-corrected chi connectivity index (χ3v) is 4.28. The number of methoxy groups -OCH3 is 1. The molecule has 1 aliphatic heterocycles. The van der Waals surface area contributed by atoms with Crippen LogP contribution in [-0.4, -0.2) is 38.1 Å². The van der Waals surface area contributed by atoms with Crippen molar-refractivity contribution >= 4 is 23.5 Å². The zero-order valence-corrected chi connectivity index (χ0v) is 14.4. The zero-order chi connectivity index (χ0) is 18.5. The van der Waals surface area contributed by atoms with E-state index in [-0.39, 0.29) is 18.1 Å². The third kappa shape index (κ3) is 3.74. The summed E-state index contributed by atoms with van der Waals surface area (Å²) < 4.78 is 9.74. The lowest BCUT2D eigenvalue weighted by atomic mass is 10.0. The summed E-state index contributed by atoms with van der Waals surface area (Å²) in [6.45, 7) is 0.285. The van der Waals surface area contributed by atoms with E-state index in [0.29, 0.717) is 12.1 Å². The number of hydrogen-bond donors (Lipinski definition) is 0. The Balaban J connectivity index is 1.61. The molecule has 3 rings (SSSR count). The number of aryl methyl sites for hydroxylation is 1. The summed E-state index contributed by atoms with van der Waals surface area (Å²) in [5.74, 6) is -1.35. The Morgan fingerprint density at radius 1 is 0.962 bits per heavy atom. The molecule has 0 aromatic heterocycles. The van der Waals surface area contributed by atoms with Crippen LogP contribution in [0.25, 0.3) is 0 Å². The summed E-state index contributed by atoms with van der Waals surface area (Å²) in [4.78, 5) is 37.6. The summed E-state index contributed by atoms with van der Waals surface area (Å²) >= 11 is 0. The van der Waals surface area contributed by atoms with Gasteiger partial charge in [0.1, 0.15) is 0 Å². The molecule has 2 aromatic rings. The third-order valence-electron chi connectivity index (χ3n) is 4.28. The first-order chi connectivity index (χ1) is 12.6. The van der Waals surface area contributed by atoms with Crippen LogP contribution in [0.5, 0.6) is 0 Å². The van der Waals surface area contributed by atoms with Crippen LogP contribution in [-0.2, 0) is 20.7 Å². The Kier molecular flexibility index (Phi) is 5.31. The van der Waals surface area contributed by atoms with Gasteiger partial charge in [0.25, 0.3) is 5.91 Å². The predicted octanol–water partition coefficient (Wildman–Crippen LogP) is 2.61. The van der Waals surface area contributed by atoms with E-state index in [2.05, 4.69) is 4.74 Å². The molecule has 0 aliphatic carbocycles. The van der Waals surface area contributed by atoms with Crippen LogP contribution < -0.4 is 4.90 Å². The van der Waals surface area contributed by atoms with E-state index in [1.54, 1.807) is 4.90 Å². The topological polar surface area (TPSA) is 72.9 Å². The molecule has 0 unspecified atom stereocenters. The fraction of sp³-hybridized carbons (Fsp3) is 0.250. The standard InChI is InChI=1S/C20H19NO5/c1-25-19(23)15-8-10-16(11-9-15)20(24)26-13-18(22)21-12-4-6-14-5-2-3-7-17(14)21/h2-3,5,7-11H,4,6,12-13H2,1H3. The van der Waals surface area contributed by atoms with Gasteiger partial charge in [-0.1, -0.05) is 18.2 Å². The molecule has 0 bridgehead atoms. The van der Waals surface area contributed by atoms with Crippen LogP contribution >= 0.6 is 0 Å². The zero-order valence-electron chi connectivity index (χ0n) is 14.4. The van der Waals surface area contributed by atoms with Crippen molar-refractivity contribution < 1.29 is 23.9 Å². The normalized spacial score (nSPS) is 12.9. The highest BCUT2D eigenvalue weighted by molar-refractivity contribution is 5.98. The van der Waals surface area contributed by atoms with Gasteiger partial charge in [-0.05, 0) is 48.7 Å². The number of para-hydroxylation sites is 1. The van der Waals surface area contributed by atoms with E-state index in [0.717, 1.165) is 24.1 Å². The van der Waals surface area contributed by atoms with Gasteiger partial charge in [-0.3, -0.25) is 4.79 Å². The van der Waals surface area contributed by atoms with Gasteiger partial charge >= 0.3 is 11.9 Å². The minimum Gasteiger partial charge on any atom is -0.465 e. The summed E-state index contributed by atoms with van der Waals surface area (Å²) in [7, 11) is 1.29. The molecule has 2 aromatic carbocycles. The van der Waals surface area contributed by atoms with Crippen LogP contribution in [0.4, 0.5) is 5.69 Å². The van der Waals surface area contributed by atoms with E-state index in [9.17, 15) is 14.4 Å². The molecule has 0 saturated heterocycles. The molecule has 1 heterocycles. The number of carbonyl (C=O) groups excluding carboxylic acids is 3. The van der Waals surface area contributed by atoms with Gasteiger partial charge in [0, 0.05) is 12.2 Å². The van der Waals surface area contributed by atoms with Gasteiger partial charge in [0.2, 0.25) is 0 Å². The maximum absolute atomic E-state index is 12.5. The molecule has 0 fully saturated rings. The second-order valence-corrected chi connectivity index (χ2v) is 5.92. The first kappa shape index (κ1) is 17.7. The molecule has 134 valence electrons. The second kappa shape index (κ2) is 7.82. The fourth-order valence-electron chi connectivity index (χ4n) is 2.94. The molecule has 0 spiro atoms. The number of ether oxygens (including phenoxy) is 2. The van der Waals surface area contributed by atoms with Gasteiger partial charge in [0.05, 0.1) is 18.2 Å². The summed E-state index contributed by atoms with van der Waals surface area (Å²) in [6, 6.07) is 13.6. The number of nitrogens with zero attached hydrogens (tertiary/aromatic N) is 1. The fourth-order valence-corrected chi connectivity index (χ4v) is 2.94. The van der Waals surface area contributed by atoms with Crippen molar-refractivity contribution in [3.05, 3.63) is 65.2 Å². The number of hydrogen-bond acceptors (Lipinski definition) is 5. The Morgan fingerprint density at radius 2 is 1.62 bits per heavy atom. The predicted molar refractivity (Wildman–Crippen MR) is 95.2 cm³/mol. The molecule has 1 amide bonds. The second-order valence-electron chi connectivity index (χ2n) is 5.92. The Labute approximate surface area is 151 Å². The number of benzene rings is 2. The monoisotopic (exact) mass is 353 g/mol. The SMILES string of the molecule is COC(=O)c1ccc(C(=O)OCC(=O)N2CCCc3ccccc32)cc1. The van der Waals surface area contributed by atoms with Gasteiger partial charge in [0.15, 0.2) is 6.61 Å². The lowest BCUT2D eigenvalue weighted by Gasteiger charge is -2.29. The Bertz CT molecular complexity index is 828. The quantitative estimate of drug-likeness (QED) is 0.790. The molecule has 6 nitrogen and oxygen atoms in total. The lowest BCUT2D eigenvalue weighted by molar-refractivity contribution is -0.121. The first-order valence-corrected chi connectivity index (χ1v) is 8.34. The van der Waals surface area contributed by atoms with Crippen molar-refractivity contribution in [2.75, 3.05) is 25.2 Å². The van der Waals surface area contributed by atoms with Crippen molar-refractivity contribution in [3.63, 3.8) is 0 Å². The molecule has 0 radical (unpaired) electrons. The van der Waals surface area contributed by atoms with Crippen LogP contribution in [0.3, 0.4) is 0 Å². The Hall–Kier alpha value is -3.15. The average molecular weight is 353 g/mol. The molecule has 0 atom stereocenters. The summed E-state index contributed by atoms with van der Waals surface area (Å²) in [5.41, 5.74) is 2.61. The number of anilines is 1. The molecule has 26 heavy (non-hydrogen) atoms. The van der Waals surface area contributed by atoms with Crippen molar-refractivity contribution in [3.8, 4) is 0 Å². The van der Waals surface area contributed by atoms with E-state index in [1.165, 1.54) is 31.4 Å². The largest absolute Gasteiger partial charge is 0.465 e. The van der Waals surface area contributed by atoms with Gasteiger partial charge in [-0.25, -0.2) is 9.59 Å². The molecular weight excluding hydrogens is 334 g/mol. The minimum absolute atomic E-state index is 0.253. The van der Waals surface area contributed by atoms with Crippen molar-refractivity contribution in [2.24, 2.45) is 0 Å². The van der Waals surface area contributed by atoms with Crippen molar-refractivity contribution in [2.45, 2.75) is 12.8 Å². The van der Waals surface area contributed by atoms with E-state index >= 15 is 0 Å². The molecule has 0 N–H and O–H groups in total. The minimum atomic E-state index is -0.611. The molecular formula is C20H19NO5. The number of amides is 1. The average Bonchev–Trinajstić information content (AvgIpc) is 2.70. The van der Waals surface area contributed by atoms with Gasteiger partial charge in [-0.15, -0.1) is 0 Å². The highest BCUT2D eigenvalue weighted by Gasteiger charge is 2.23. The van der Waals surface area contributed by atoms with E-state index < -0.39 is 11.9 Å². The van der Waals surface area contributed by atoms with Crippen molar-refractivity contribution in [1.82, 2.24) is 0 Å². The van der Waals surface area contributed by atoms with Crippen molar-refractivity contribution in [1.29, 1.82) is 0 Å². The van der Waals surface area contributed by atoms with Crippen LogP contribution in [0.15, 0.2) is 48.5 Å². The lowest BCUT2D eigenvalue weighted by Crippen LogP contribution is -2.38. The van der Waals surface area contributed by atoms with Crippen LogP contribution in [0.2, 0.25) is 0 Å². The maximum atomic E-state index is 12.5. The van der Waals surface area contributed by atoms with Gasteiger partial charge in [-0.2, -0.15) is 0 Å². The molecule has 0 saturated carbocycles. The Morgan fingerprint density at radius 3 is 2.31 bits per heavy atom. The van der Waals surface area contributed by atoms with Gasteiger partial charge < -0.3 is 14.4 Å². The van der Waals surface area contributed by atoms with E-state index in [1.807, 2.05) is 24.3 Å². The van der Waals surface area contributed by atoms with Crippen LogP contribution in [0, 0.1) is 0 Å². The summed E-state index contributed by atoms with van der Waals surface area (Å²) in [6.07, 6.45) is 1.82. The maximum Gasteiger partial charge on any atom is 0.338 e. The smallest absolute Gasteiger partial charge is 0.338 e. The number of esters is 2. The number of fused-ring (bicyclic) bond motifs is 1. The molecule has 1 aliphatic rings.